The van der Waals surface area contributed by atoms with Crippen molar-refractivity contribution < 1.29 is 17.2 Å². The quantitative estimate of drug-likeness (QED) is 0.178. The van der Waals surface area contributed by atoms with E-state index in [4.69, 9.17) is 4.55 Å². The topological polar surface area (TPSA) is 63.6 Å². The van der Waals surface area contributed by atoms with E-state index in [-0.39, 0.29) is 6.61 Å². The Labute approximate surface area is 169 Å². The van der Waals surface area contributed by atoms with Crippen LogP contribution in [0, 0.1) is 5.41 Å². The molecule has 0 amide bonds. The molecule has 0 aliphatic heterocycles. The fourth-order valence-corrected chi connectivity index (χ4v) is 3.72. The van der Waals surface area contributed by atoms with Gasteiger partial charge >= 0.3 is 10.4 Å². The highest BCUT2D eigenvalue weighted by Gasteiger charge is 2.08. The van der Waals surface area contributed by atoms with Gasteiger partial charge in [-0.05, 0) is 18.3 Å². The van der Waals surface area contributed by atoms with Crippen LogP contribution in [-0.4, -0.2) is 19.6 Å². The van der Waals surface area contributed by atoms with Crippen molar-refractivity contribution in [3.63, 3.8) is 0 Å². The average Bonchev–Trinajstić information content (AvgIpc) is 2.55. The lowest BCUT2D eigenvalue weighted by Crippen LogP contribution is -2.04. The summed E-state index contributed by atoms with van der Waals surface area (Å²) in [4.78, 5) is 0. The van der Waals surface area contributed by atoms with Crippen LogP contribution >= 0.6 is 0 Å². The number of rotatable bonds is 19. The SMILES string of the molecule is CC(C)(C)CCCCCCCCCCCCCCCCCCOS(=O)(=O)O. The molecule has 0 radical (unpaired) electrons. The first-order valence-corrected chi connectivity index (χ1v) is 12.7. The van der Waals surface area contributed by atoms with E-state index in [1.54, 1.807) is 0 Å². The van der Waals surface area contributed by atoms with Crippen LogP contribution in [0.1, 0.15) is 130 Å². The minimum atomic E-state index is -4.25. The zero-order chi connectivity index (χ0) is 20.4. The summed E-state index contributed by atoms with van der Waals surface area (Å²) in [5, 5.41) is 0. The molecule has 0 atom stereocenters. The zero-order valence-electron chi connectivity index (χ0n) is 18.3. The smallest absolute Gasteiger partial charge is 0.264 e. The molecule has 0 saturated heterocycles. The highest BCUT2D eigenvalue weighted by molar-refractivity contribution is 7.80. The maximum Gasteiger partial charge on any atom is 0.397 e. The molecule has 1 N–H and O–H groups in total. The maximum atomic E-state index is 10.4. The second kappa shape index (κ2) is 16.8. The molecule has 0 fully saturated rings. The van der Waals surface area contributed by atoms with Crippen LogP contribution < -0.4 is 0 Å². The number of unbranched alkanes of at least 4 members (excludes halogenated alkanes) is 15. The minimum absolute atomic E-state index is 0.0930. The van der Waals surface area contributed by atoms with Gasteiger partial charge in [0.05, 0.1) is 6.61 Å². The molecule has 0 bridgehead atoms. The van der Waals surface area contributed by atoms with Crippen molar-refractivity contribution in [3.8, 4) is 0 Å². The van der Waals surface area contributed by atoms with Gasteiger partial charge in [-0.15, -0.1) is 0 Å². The highest BCUT2D eigenvalue weighted by atomic mass is 32.3. The second-order valence-electron chi connectivity index (χ2n) is 9.22. The largest absolute Gasteiger partial charge is 0.397 e. The molecule has 0 aliphatic rings. The fourth-order valence-electron chi connectivity index (χ4n) is 3.40. The first-order chi connectivity index (χ1) is 12.7. The van der Waals surface area contributed by atoms with E-state index in [1.165, 1.54) is 89.9 Å². The standard InChI is InChI=1S/C22H46O4S/c1-22(2,3)20-18-16-14-12-10-8-6-4-5-7-9-11-13-15-17-19-21-26-27(23,24)25/h4-21H2,1-3H3,(H,23,24,25). The van der Waals surface area contributed by atoms with Crippen molar-refractivity contribution >= 4 is 10.4 Å². The lowest BCUT2D eigenvalue weighted by Gasteiger charge is -2.17. The van der Waals surface area contributed by atoms with Gasteiger partial charge in [-0.25, -0.2) is 4.18 Å². The van der Waals surface area contributed by atoms with E-state index in [9.17, 15) is 8.42 Å². The van der Waals surface area contributed by atoms with Crippen LogP contribution in [0.5, 0.6) is 0 Å². The van der Waals surface area contributed by atoms with Gasteiger partial charge in [0.2, 0.25) is 0 Å². The van der Waals surface area contributed by atoms with Crippen LogP contribution in [0.15, 0.2) is 0 Å². The van der Waals surface area contributed by atoms with E-state index in [1.807, 2.05) is 0 Å². The summed E-state index contributed by atoms with van der Waals surface area (Å²) in [6, 6.07) is 0. The van der Waals surface area contributed by atoms with Crippen molar-refractivity contribution in [3.05, 3.63) is 0 Å². The molecule has 0 unspecified atom stereocenters. The maximum absolute atomic E-state index is 10.4. The Morgan fingerprint density at radius 3 is 1.19 bits per heavy atom. The van der Waals surface area contributed by atoms with Gasteiger partial charge in [-0.2, -0.15) is 8.42 Å². The van der Waals surface area contributed by atoms with Gasteiger partial charge in [0.15, 0.2) is 0 Å². The Morgan fingerprint density at radius 1 is 0.593 bits per heavy atom. The van der Waals surface area contributed by atoms with Crippen molar-refractivity contribution in [2.24, 2.45) is 5.41 Å². The van der Waals surface area contributed by atoms with E-state index >= 15 is 0 Å². The average molecular weight is 407 g/mol. The Balaban J connectivity index is 3.09. The summed E-state index contributed by atoms with van der Waals surface area (Å²) in [5.41, 5.74) is 0.501. The fraction of sp³-hybridized carbons (Fsp3) is 1.00. The van der Waals surface area contributed by atoms with Crippen LogP contribution in [0.4, 0.5) is 0 Å². The van der Waals surface area contributed by atoms with E-state index < -0.39 is 10.4 Å². The molecule has 4 nitrogen and oxygen atoms in total. The summed E-state index contributed by atoms with van der Waals surface area (Å²) >= 11 is 0. The third kappa shape index (κ3) is 25.9. The summed E-state index contributed by atoms with van der Waals surface area (Å²) in [6.07, 6.45) is 21.9. The number of hydrogen-bond donors (Lipinski definition) is 1. The molecule has 0 aromatic carbocycles. The van der Waals surface area contributed by atoms with Gasteiger partial charge in [-0.1, -0.05) is 117 Å². The molecular formula is C22H46O4S. The Hall–Kier alpha value is -0.130. The van der Waals surface area contributed by atoms with Gasteiger partial charge in [0.25, 0.3) is 0 Å². The molecular weight excluding hydrogens is 360 g/mol. The molecule has 0 aromatic rings. The molecule has 0 aromatic heterocycles. The highest BCUT2D eigenvalue weighted by Crippen LogP contribution is 2.22. The summed E-state index contributed by atoms with van der Waals surface area (Å²) < 4.78 is 33.5. The Morgan fingerprint density at radius 2 is 0.889 bits per heavy atom. The van der Waals surface area contributed by atoms with Gasteiger partial charge in [0, 0.05) is 0 Å². The first kappa shape index (κ1) is 26.9. The van der Waals surface area contributed by atoms with Crippen molar-refractivity contribution in [1.29, 1.82) is 0 Å². The zero-order valence-corrected chi connectivity index (χ0v) is 19.1. The molecule has 27 heavy (non-hydrogen) atoms. The summed E-state index contributed by atoms with van der Waals surface area (Å²) in [5.74, 6) is 0. The molecule has 0 heterocycles. The predicted molar refractivity (Wildman–Crippen MR) is 115 cm³/mol. The Bertz CT molecular complexity index is 413. The summed E-state index contributed by atoms with van der Waals surface area (Å²) in [6.45, 7) is 7.09. The third-order valence-corrected chi connectivity index (χ3v) is 5.52. The molecule has 0 saturated carbocycles. The van der Waals surface area contributed by atoms with Gasteiger partial charge < -0.3 is 0 Å². The van der Waals surface area contributed by atoms with E-state index in [0.29, 0.717) is 11.8 Å². The molecule has 5 heteroatoms. The minimum Gasteiger partial charge on any atom is -0.264 e. The van der Waals surface area contributed by atoms with Crippen LogP contribution in [-0.2, 0) is 14.6 Å². The normalized spacial score (nSPS) is 12.6. The van der Waals surface area contributed by atoms with E-state index in [2.05, 4.69) is 25.0 Å². The molecule has 164 valence electrons. The lowest BCUT2D eigenvalue weighted by molar-refractivity contribution is 0.261. The first-order valence-electron chi connectivity index (χ1n) is 11.3. The van der Waals surface area contributed by atoms with E-state index in [0.717, 1.165) is 12.8 Å². The molecule has 0 rings (SSSR count). The third-order valence-electron chi connectivity index (χ3n) is 5.05. The van der Waals surface area contributed by atoms with Crippen LogP contribution in [0.3, 0.4) is 0 Å². The van der Waals surface area contributed by atoms with Crippen LogP contribution in [0.2, 0.25) is 0 Å². The summed E-state index contributed by atoms with van der Waals surface area (Å²) in [7, 11) is -4.25. The molecule has 0 aliphatic carbocycles. The molecule has 0 spiro atoms. The predicted octanol–water partition coefficient (Wildman–Crippen LogP) is 7.48. The Kier molecular flexibility index (Phi) is 16.7. The second-order valence-corrected chi connectivity index (χ2v) is 10.3. The van der Waals surface area contributed by atoms with Gasteiger partial charge in [-0.3, -0.25) is 4.55 Å². The number of hydrogen-bond acceptors (Lipinski definition) is 3. The van der Waals surface area contributed by atoms with Crippen molar-refractivity contribution in [2.45, 2.75) is 130 Å². The van der Waals surface area contributed by atoms with Crippen molar-refractivity contribution in [2.75, 3.05) is 6.61 Å². The monoisotopic (exact) mass is 406 g/mol. The van der Waals surface area contributed by atoms with Crippen LogP contribution in [0.25, 0.3) is 0 Å². The lowest BCUT2D eigenvalue weighted by atomic mass is 9.89. The van der Waals surface area contributed by atoms with Gasteiger partial charge in [0.1, 0.15) is 0 Å². The van der Waals surface area contributed by atoms with Crippen molar-refractivity contribution in [1.82, 2.24) is 0 Å².